The molecular formula is C16H12N4O. The third-order valence-electron chi connectivity index (χ3n) is 3.55. The van der Waals surface area contributed by atoms with Crippen molar-refractivity contribution >= 4 is 16.6 Å². The Morgan fingerprint density at radius 2 is 1.90 bits per heavy atom. The third-order valence-corrected chi connectivity index (χ3v) is 3.55. The van der Waals surface area contributed by atoms with Gasteiger partial charge in [-0.2, -0.15) is 5.10 Å². The Hall–Kier alpha value is -2.95. The number of aromatic nitrogens is 4. The highest BCUT2D eigenvalue weighted by molar-refractivity contribution is 5.79. The maximum Gasteiger partial charge on any atom is 0.261 e. The van der Waals surface area contributed by atoms with Gasteiger partial charge in [-0.15, -0.1) is 0 Å². The predicted octanol–water partition coefficient (Wildman–Crippen LogP) is 2.09. The molecule has 5 heteroatoms. The summed E-state index contributed by atoms with van der Waals surface area (Å²) in [5, 5.41) is 4.78. The summed E-state index contributed by atoms with van der Waals surface area (Å²) in [5.74, 6) is 0. The second-order valence-electron chi connectivity index (χ2n) is 4.89. The number of pyridine rings is 1. The molecule has 102 valence electrons. The Morgan fingerprint density at radius 3 is 2.76 bits per heavy atom. The molecule has 0 N–H and O–H groups in total. The molecule has 0 aliphatic rings. The van der Waals surface area contributed by atoms with Crippen LogP contribution >= 0.6 is 0 Å². The van der Waals surface area contributed by atoms with Crippen LogP contribution in [0.15, 0.2) is 65.8 Å². The Bertz CT molecular complexity index is 985. The normalized spacial score (nSPS) is 11.2. The molecule has 3 heterocycles. The number of hydrogen-bond acceptors (Lipinski definition) is 3. The van der Waals surface area contributed by atoms with E-state index in [1.165, 1.54) is 0 Å². The SMILES string of the molecule is O=c1c2cnc3ccnn3c2ccn1Cc1ccccc1. The molecule has 1 aromatic carbocycles. The molecule has 0 amide bonds. The Kier molecular flexibility index (Phi) is 2.57. The minimum atomic E-state index is -0.0544. The summed E-state index contributed by atoms with van der Waals surface area (Å²) >= 11 is 0. The number of hydrogen-bond donors (Lipinski definition) is 0. The molecule has 0 aliphatic carbocycles. The number of rotatable bonds is 2. The molecule has 0 radical (unpaired) electrons. The maximum absolute atomic E-state index is 12.6. The molecule has 0 unspecified atom stereocenters. The fourth-order valence-corrected chi connectivity index (χ4v) is 2.50. The van der Waals surface area contributed by atoms with Crippen molar-refractivity contribution in [3.05, 3.63) is 77.0 Å². The van der Waals surface area contributed by atoms with E-state index in [9.17, 15) is 4.79 Å². The van der Waals surface area contributed by atoms with E-state index in [4.69, 9.17) is 0 Å². The van der Waals surface area contributed by atoms with Crippen LogP contribution in [-0.2, 0) is 6.54 Å². The van der Waals surface area contributed by atoms with Gasteiger partial charge in [0.2, 0.25) is 0 Å². The molecule has 21 heavy (non-hydrogen) atoms. The van der Waals surface area contributed by atoms with Gasteiger partial charge in [0.15, 0.2) is 5.65 Å². The van der Waals surface area contributed by atoms with E-state index in [2.05, 4.69) is 10.1 Å². The zero-order valence-electron chi connectivity index (χ0n) is 11.2. The highest BCUT2D eigenvalue weighted by Gasteiger charge is 2.07. The van der Waals surface area contributed by atoms with Crippen LogP contribution in [0.25, 0.3) is 16.6 Å². The van der Waals surface area contributed by atoms with Crippen molar-refractivity contribution < 1.29 is 0 Å². The molecule has 3 aromatic heterocycles. The van der Waals surface area contributed by atoms with Crippen LogP contribution < -0.4 is 5.56 Å². The van der Waals surface area contributed by atoms with Gasteiger partial charge in [0, 0.05) is 18.5 Å². The van der Waals surface area contributed by atoms with Crippen molar-refractivity contribution in [1.29, 1.82) is 0 Å². The van der Waals surface area contributed by atoms with E-state index in [0.29, 0.717) is 11.9 Å². The van der Waals surface area contributed by atoms with Crippen molar-refractivity contribution in [2.75, 3.05) is 0 Å². The van der Waals surface area contributed by atoms with E-state index in [0.717, 1.165) is 16.7 Å². The first-order valence-corrected chi connectivity index (χ1v) is 6.69. The van der Waals surface area contributed by atoms with Crippen molar-refractivity contribution in [3.63, 3.8) is 0 Å². The van der Waals surface area contributed by atoms with Crippen molar-refractivity contribution in [2.24, 2.45) is 0 Å². The van der Waals surface area contributed by atoms with Gasteiger partial charge in [0.25, 0.3) is 5.56 Å². The van der Waals surface area contributed by atoms with Gasteiger partial charge in [-0.1, -0.05) is 30.3 Å². The van der Waals surface area contributed by atoms with E-state index in [1.54, 1.807) is 27.7 Å². The lowest BCUT2D eigenvalue weighted by Crippen LogP contribution is -2.21. The summed E-state index contributed by atoms with van der Waals surface area (Å²) in [4.78, 5) is 16.8. The second-order valence-corrected chi connectivity index (χ2v) is 4.89. The lowest BCUT2D eigenvalue weighted by atomic mass is 10.2. The molecule has 4 rings (SSSR count). The van der Waals surface area contributed by atoms with Crippen LogP contribution in [0.3, 0.4) is 0 Å². The van der Waals surface area contributed by atoms with Crippen LogP contribution in [0, 0.1) is 0 Å². The minimum absolute atomic E-state index is 0.0544. The molecule has 0 saturated heterocycles. The van der Waals surface area contributed by atoms with Gasteiger partial charge in [0.05, 0.1) is 23.6 Å². The molecule has 4 aromatic rings. The summed E-state index contributed by atoms with van der Waals surface area (Å²) in [6.07, 6.45) is 5.10. The van der Waals surface area contributed by atoms with Gasteiger partial charge in [-0.05, 0) is 11.6 Å². The van der Waals surface area contributed by atoms with Gasteiger partial charge >= 0.3 is 0 Å². The lowest BCUT2D eigenvalue weighted by molar-refractivity contribution is 0.765. The predicted molar refractivity (Wildman–Crippen MR) is 80.3 cm³/mol. The zero-order valence-corrected chi connectivity index (χ0v) is 11.2. The van der Waals surface area contributed by atoms with Gasteiger partial charge in [-0.25, -0.2) is 9.50 Å². The average Bonchev–Trinajstić information content (AvgIpc) is 3.00. The number of nitrogens with zero attached hydrogens (tertiary/aromatic N) is 4. The standard InChI is InChI=1S/C16H12N4O/c21-16-13-10-17-15-6-8-18-20(15)14(13)7-9-19(16)11-12-4-2-1-3-5-12/h1-10H,11H2. The summed E-state index contributed by atoms with van der Waals surface area (Å²) in [6, 6.07) is 13.6. The maximum atomic E-state index is 12.6. The molecule has 0 bridgehead atoms. The monoisotopic (exact) mass is 276 g/mol. The van der Waals surface area contributed by atoms with E-state index in [-0.39, 0.29) is 5.56 Å². The summed E-state index contributed by atoms with van der Waals surface area (Å²) < 4.78 is 3.37. The molecular weight excluding hydrogens is 264 g/mol. The Morgan fingerprint density at radius 1 is 1.05 bits per heavy atom. The van der Waals surface area contributed by atoms with Crippen LogP contribution in [0.4, 0.5) is 0 Å². The fraction of sp³-hybridized carbons (Fsp3) is 0.0625. The average molecular weight is 276 g/mol. The molecule has 5 nitrogen and oxygen atoms in total. The van der Waals surface area contributed by atoms with Crippen molar-refractivity contribution in [2.45, 2.75) is 6.54 Å². The van der Waals surface area contributed by atoms with Gasteiger partial charge < -0.3 is 4.57 Å². The van der Waals surface area contributed by atoms with Crippen LogP contribution in [0.2, 0.25) is 0 Å². The molecule has 0 fully saturated rings. The highest BCUT2D eigenvalue weighted by Crippen LogP contribution is 2.11. The second kappa shape index (κ2) is 4.56. The summed E-state index contributed by atoms with van der Waals surface area (Å²) in [6.45, 7) is 0.548. The Labute approximate surface area is 120 Å². The molecule has 0 atom stereocenters. The smallest absolute Gasteiger partial charge is 0.261 e. The highest BCUT2D eigenvalue weighted by atomic mass is 16.1. The largest absolute Gasteiger partial charge is 0.310 e. The molecule has 0 saturated carbocycles. The zero-order chi connectivity index (χ0) is 14.2. The fourth-order valence-electron chi connectivity index (χ4n) is 2.50. The van der Waals surface area contributed by atoms with Crippen LogP contribution in [-0.4, -0.2) is 19.2 Å². The summed E-state index contributed by atoms with van der Waals surface area (Å²) in [7, 11) is 0. The van der Waals surface area contributed by atoms with Crippen molar-refractivity contribution in [1.82, 2.24) is 19.2 Å². The van der Waals surface area contributed by atoms with E-state index >= 15 is 0 Å². The molecule has 0 aliphatic heterocycles. The first kappa shape index (κ1) is 11.8. The first-order chi connectivity index (χ1) is 10.3. The lowest BCUT2D eigenvalue weighted by Gasteiger charge is -2.08. The van der Waals surface area contributed by atoms with Gasteiger partial charge in [-0.3, -0.25) is 4.79 Å². The first-order valence-electron chi connectivity index (χ1n) is 6.69. The van der Waals surface area contributed by atoms with Crippen LogP contribution in [0.5, 0.6) is 0 Å². The van der Waals surface area contributed by atoms with Gasteiger partial charge in [0.1, 0.15) is 0 Å². The van der Waals surface area contributed by atoms with Crippen LogP contribution in [0.1, 0.15) is 5.56 Å². The van der Waals surface area contributed by atoms with E-state index in [1.807, 2.05) is 42.5 Å². The van der Waals surface area contributed by atoms with E-state index < -0.39 is 0 Å². The quantitative estimate of drug-likeness (QED) is 0.563. The molecule has 0 spiro atoms. The Balaban J connectivity index is 1.90. The van der Waals surface area contributed by atoms with Crippen molar-refractivity contribution in [3.8, 4) is 0 Å². The summed E-state index contributed by atoms with van der Waals surface area (Å²) in [5.41, 5.74) is 2.55. The minimum Gasteiger partial charge on any atom is -0.310 e. The number of benzene rings is 1. The number of fused-ring (bicyclic) bond motifs is 3. The topological polar surface area (TPSA) is 52.2 Å². The third kappa shape index (κ3) is 1.90.